The molecule has 0 spiro atoms. The Bertz CT molecular complexity index is 269. The van der Waals surface area contributed by atoms with Crippen LogP contribution < -0.4 is 4.72 Å². The van der Waals surface area contributed by atoms with Crippen molar-refractivity contribution in [3.8, 4) is 0 Å². The van der Waals surface area contributed by atoms with E-state index in [1.165, 1.54) is 0 Å². The number of halogens is 3. The first-order valence-corrected chi connectivity index (χ1v) is 5.01. The average Bonchev–Trinajstić information content (AvgIpc) is 1.81. The van der Waals surface area contributed by atoms with E-state index in [1.807, 2.05) is 0 Å². The number of alkyl halides is 3. The van der Waals surface area contributed by atoms with E-state index in [9.17, 15) is 30.4 Å². The van der Waals surface area contributed by atoms with Crippen LogP contribution in [0.2, 0.25) is 0 Å². The van der Waals surface area contributed by atoms with Crippen LogP contribution in [-0.4, -0.2) is 28.6 Å². The number of hydrogen-bond donors (Lipinski definition) is 1. The summed E-state index contributed by atoms with van der Waals surface area (Å²) in [4.78, 5) is 0. The van der Waals surface area contributed by atoms with Crippen LogP contribution in [0.5, 0.6) is 0 Å². The molecule has 1 N–H and O–H groups in total. The zero-order valence-electron chi connectivity index (χ0n) is 5.29. The highest BCUT2D eigenvalue weighted by Crippen LogP contribution is 2.22. The Morgan fingerprint density at radius 2 is 1.83 bits per heavy atom. The Kier molecular flexibility index (Phi) is 3.62. The van der Waals surface area contributed by atoms with E-state index in [0.717, 1.165) is 4.72 Å². The number of rotatable bonds is 3. The molecule has 0 aliphatic carbocycles. The van der Waals surface area contributed by atoms with Gasteiger partial charge in [0.15, 0.2) is 0 Å². The molecule has 74 valence electrons. The maximum atomic E-state index is 11.5. The number of sulfone groups is 1. The van der Waals surface area contributed by atoms with Gasteiger partial charge in [0, 0.05) is 11.3 Å². The van der Waals surface area contributed by atoms with Crippen molar-refractivity contribution in [2.24, 2.45) is 0 Å². The van der Waals surface area contributed by atoms with Crippen molar-refractivity contribution in [1.29, 1.82) is 0 Å². The first-order chi connectivity index (χ1) is 5.17. The highest BCUT2D eigenvalue weighted by atomic mass is 32.2. The second kappa shape index (κ2) is 3.68. The summed E-state index contributed by atoms with van der Waals surface area (Å²) in [5.74, 6) is -1.67. The van der Waals surface area contributed by atoms with Crippen molar-refractivity contribution in [2.45, 2.75) is 5.51 Å². The summed E-state index contributed by atoms with van der Waals surface area (Å²) >= 11 is -3.03. The van der Waals surface area contributed by atoms with Crippen LogP contribution in [-0.2, 0) is 21.1 Å². The summed E-state index contributed by atoms with van der Waals surface area (Å²) in [5, 5.41) is 0. The highest BCUT2D eigenvalue weighted by molar-refractivity contribution is 7.92. The van der Waals surface area contributed by atoms with Crippen molar-refractivity contribution in [1.82, 2.24) is 4.72 Å². The highest BCUT2D eigenvalue weighted by Gasteiger charge is 2.45. The van der Waals surface area contributed by atoms with Crippen LogP contribution in [0.15, 0.2) is 0 Å². The second-order valence-electron chi connectivity index (χ2n) is 1.58. The third kappa shape index (κ3) is 3.47. The molecule has 0 aliphatic heterocycles. The zero-order chi connectivity index (χ0) is 9.99. The van der Waals surface area contributed by atoms with Crippen molar-refractivity contribution >= 4 is 21.1 Å². The topological polar surface area (TPSA) is 86.3 Å². The maximum Gasteiger partial charge on any atom is 0.498 e. The van der Waals surface area contributed by atoms with E-state index in [1.54, 1.807) is 0 Å². The molecule has 0 aromatic rings. The molecule has 5 nitrogen and oxygen atoms in total. The third-order valence-corrected chi connectivity index (χ3v) is 2.51. The minimum absolute atomic E-state index is 1.10. The summed E-state index contributed by atoms with van der Waals surface area (Å²) in [7, 11) is -5.40. The molecule has 0 rings (SSSR count). The van der Waals surface area contributed by atoms with Gasteiger partial charge < -0.3 is 4.55 Å². The van der Waals surface area contributed by atoms with Gasteiger partial charge in [-0.05, 0) is 0 Å². The van der Waals surface area contributed by atoms with Gasteiger partial charge in [-0.3, -0.25) is 4.21 Å². The van der Waals surface area contributed by atoms with Crippen molar-refractivity contribution < 1.29 is 30.4 Å². The third-order valence-electron chi connectivity index (χ3n) is 0.719. The molecule has 0 saturated heterocycles. The van der Waals surface area contributed by atoms with E-state index in [2.05, 4.69) is 0 Å². The van der Waals surface area contributed by atoms with Gasteiger partial charge in [0.1, 0.15) is 5.88 Å². The molecule has 10 heteroatoms. The quantitative estimate of drug-likeness (QED) is 0.642. The average molecular weight is 226 g/mol. The fraction of sp³-hybridized carbons (Fsp3) is 1.00. The molecule has 0 fully saturated rings. The summed E-state index contributed by atoms with van der Waals surface area (Å²) in [5.41, 5.74) is -5.43. The predicted molar refractivity (Wildman–Crippen MR) is 31.9 cm³/mol. The Morgan fingerprint density at radius 1 is 1.42 bits per heavy atom. The molecule has 0 heterocycles. The smallest absolute Gasteiger partial charge is 0.498 e. The molecule has 0 aromatic heterocycles. The zero-order valence-corrected chi connectivity index (χ0v) is 6.92. The van der Waals surface area contributed by atoms with Crippen LogP contribution in [0.4, 0.5) is 13.2 Å². The lowest BCUT2D eigenvalue weighted by atomic mass is 11.5. The molecule has 0 aliphatic rings. The molecule has 0 aromatic carbocycles. The van der Waals surface area contributed by atoms with Gasteiger partial charge in [-0.15, -0.1) is 0 Å². The van der Waals surface area contributed by atoms with E-state index in [0.29, 0.717) is 0 Å². The Hall–Kier alpha value is -0.190. The van der Waals surface area contributed by atoms with Gasteiger partial charge in [0.2, 0.25) is 0 Å². The first kappa shape index (κ1) is 11.8. The SMILES string of the molecule is O=S([O-])NCS(=O)(=O)C(F)(F)F. The predicted octanol–water partition coefficient (Wildman–Crippen LogP) is -0.738. The number of nitrogens with one attached hydrogen (secondary N) is 1. The second-order valence-corrected chi connectivity index (χ2v) is 4.32. The fourth-order valence-corrected chi connectivity index (χ4v) is 1.38. The van der Waals surface area contributed by atoms with Crippen molar-refractivity contribution in [3.05, 3.63) is 0 Å². The Balaban J connectivity index is 4.37. The van der Waals surface area contributed by atoms with Crippen LogP contribution in [0.25, 0.3) is 0 Å². The standard InChI is InChI=1S/C2H4F3NO4S2/c3-2(4,5)12(9,10)1-6-11(7)8/h6H,1H2,(H,7,8)/p-1. The minimum Gasteiger partial charge on any atom is -0.760 e. The fourth-order valence-electron chi connectivity index (χ4n) is 0.208. The molecule has 12 heavy (non-hydrogen) atoms. The molecular formula is C2H3F3NO4S2-. The van der Waals surface area contributed by atoms with Gasteiger partial charge >= 0.3 is 5.51 Å². The first-order valence-electron chi connectivity index (χ1n) is 2.28. The molecule has 0 radical (unpaired) electrons. The van der Waals surface area contributed by atoms with Gasteiger partial charge in [0.05, 0.1) is 0 Å². The summed E-state index contributed by atoms with van der Waals surface area (Å²) in [6.07, 6.45) is 0. The molecule has 1 unspecified atom stereocenters. The Labute approximate surface area is 68.3 Å². The molecule has 1 atom stereocenters. The van der Waals surface area contributed by atoms with E-state index in [-0.39, 0.29) is 0 Å². The van der Waals surface area contributed by atoms with Gasteiger partial charge in [-0.1, -0.05) is 0 Å². The van der Waals surface area contributed by atoms with Crippen LogP contribution >= 0.6 is 0 Å². The summed E-state index contributed by atoms with van der Waals surface area (Å²) in [6.45, 7) is 0. The Morgan fingerprint density at radius 3 is 2.08 bits per heavy atom. The van der Waals surface area contributed by atoms with E-state index in [4.69, 9.17) is 0 Å². The van der Waals surface area contributed by atoms with Crippen molar-refractivity contribution in [2.75, 3.05) is 5.88 Å². The summed E-state index contributed by atoms with van der Waals surface area (Å²) < 4.78 is 74.9. The molecule has 0 saturated carbocycles. The van der Waals surface area contributed by atoms with E-state index < -0.39 is 32.5 Å². The normalized spacial score (nSPS) is 16.0. The largest absolute Gasteiger partial charge is 0.760 e. The monoisotopic (exact) mass is 226 g/mol. The minimum atomic E-state index is -5.43. The van der Waals surface area contributed by atoms with Gasteiger partial charge in [-0.2, -0.15) is 13.2 Å². The van der Waals surface area contributed by atoms with Crippen molar-refractivity contribution in [3.63, 3.8) is 0 Å². The number of hydrogen-bond acceptors (Lipinski definition) is 4. The lowest BCUT2D eigenvalue weighted by Gasteiger charge is -2.09. The maximum absolute atomic E-state index is 11.5. The summed E-state index contributed by atoms with van der Waals surface area (Å²) in [6, 6.07) is 0. The van der Waals surface area contributed by atoms with Crippen LogP contribution in [0, 0.1) is 0 Å². The lowest BCUT2D eigenvalue weighted by molar-refractivity contribution is -0.0435. The molecule has 0 bridgehead atoms. The molecule has 0 amide bonds. The van der Waals surface area contributed by atoms with Crippen LogP contribution in [0.1, 0.15) is 0 Å². The lowest BCUT2D eigenvalue weighted by Crippen LogP contribution is -2.34. The van der Waals surface area contributed by atoms with E-state index >= 15 is 0 Å². The van der Waals surface area contributed by atoms with Gasteiger partial charge in [0.25, 0.3) is 9.84 Å². The van der Waals surface area contributed by atoms with Gasteiger partial charge in [-0.25, -0.2) is 13.1 Å². The van der Waals surface area contributed by atoms with Crippen LogP contribution in [0.3, 0.4) is 0 Å². The molecular weight excluding hydrogens is 223 g/mol.